The first-order valence-corrected chi connectivity index (χ1v) is 4.22. The molecular formula is C12H8O. The predicted molar refractivity (Wildman–Crippen MR) is 53.7 cm³/mol. The molecule has 0 N–H and O–H groups in total. The van der Waals surface area contributed by atoms with E-state index in [4.69, 9.17) is 5.79 Å². The summed E-state index contributed by atoms with van der Waals surface area (Å²) in [5.41, 5.74) is 1.67. The quantitative estimate of drug-likeness (QED) is 0.501. The van der Waals surface area contributed by atoms with Crippen molar-refractivity contribution in [1.29, 1.82) is 0 Å². The molecule has 0 aliphatic heterocycles. The maximum Gasteiger partial charge on any atom is 0.135 e. The third kappa shape index (κ3) is 0.872. The molecule has 0 saturated heterocycles. The van der Waals surface area contributed by atoms with Gasteiger partial charge in [0.05, 0.1) is 1.37 Å². The van der Waals surface area contributed by atoms with Gasteiger partial charge in [-0.05, 0) is 12.1 Å². The van der Waals surface area contributed by atoms with Crippen LogP contribution in [0.15, 0.2) is 52.9 Å². The van der Waals surface area contributed by atoms with Crippen molar-refractivity contribution in [2.24, 2.45) is 0 Å². The summed E-state index contributed by atoms with van der Waals surface area (Å²) < 4.78 is 13.1. The highest BCUT2D eigenvalue weighted by atomic mass is 16.3. The monoisotopic (exact) mass is 169 g/mol. The Morgan fingerprint density at radius 1 is 0.846 bits per heavy atom. The number of benzene rings is 2. The molecule has 0 spiro atoms. The highest BCUT2D eigenvalue weighted by Gasteiger charge is 2.02. The minimum absolute atomic E-state index is 0.483. The second-order valence-corrected chi connectivity index (χ2v) is 3.02. The highest BCUT2D eigenvalue weighted by molar-refractivity contribution is 6.04. The molecule has 0 amide bonds. The van der Waals surface area contributed by atoms with Crippen LogP contribution in [0, 0.1) is 0 Å². The lowest BCUT2D eigenvalue weighted by molar-refractivity contribution is 0.669. The van der Waals surface area contributed by atoms with E-state index in [9.17, 15) is 0 Å². The van der Waals surface area contributed by atoms with Crippen molar-refractivity contribution in [3.63, 3.8) is 0 Å². The van der Waals surface area contributed by atoms with Crippen LogP contribution in [0.5, 0.6) is 0 Å². The SMILES string of the molecule is [2H]c1ccc2c(c1)oc1ccccc12. The lowest BCUT2D eigenvalue weighted by Gasteiger charge is -1.85. The van der Waals surface area contributed by atoms with Crippen LogP contribution in [0.25, 0.3) is 21.9 Å². The average Bonchev–Trinajstić information content (AvgIpc) is 2.54. The summed E-state index contributed by atoms with van der Waals surface area (Å²) in [7, 11) is 0. The summed E-state index contributed by atoms with van der Waals surface area (Å²) >= 11 is 0. The second-order valence-electron chi connectivity index (χ2n) is 3.02. The standard InChI is InChI=1S/C12H8O/c1-3-7-11-9(5-1)10-6-2-4-8-12(10)13-11/h1-8H/i3D. The maximum absolute atomic E-state index is 7.49. The molecule has 1 heteroatoms. The average molecular weight is 169 g/mol. The Morgan fingerprint density at radius 3 is 2.46 bits per heavy atom. The fourth-order valence-corrected chi connectivity index (χ4v) is 1.62. The zero-order chi connectivity index (χ0) is 9.54. The van der Waals surface area contributed by atoms with Crippen LogP contribution in [0.4, 0.5) is 0 Å². The van der Waals surface area contributed by atoms with E-state index < -0.39 is 0 Å². The number of hydrogen-bond donors (Lipinski definition) is 0. The van der Waals surface area contributed by atoms with Gasteiger partial charge < -0.3 is 4.42 Å². The topological polar surface area (TPSA) is 13.1 Å². The van der Waals surface area contributed by atoms with Gasteiger partial charge in [-0.2, -0.15) is 0 Å². The molecule has 0 saturated carbocycles. The van der Waals surface area contributed by atoms with E-state index in [2.05, 4.69) is 0 Å². The molecule has 1 aromatic heterocycles. The molecule has 62 valence electrons. The fourth-order valence-electron chi connectivity index (χ4n) is 1.62. The predicted octanol–water partition coefficient (Wildman–Crippen LogP) is 3.59. The van der Waals surface area contributed by atoms with Gasteiger partial charge in [-0.3, -0.25) is 0 Å². The molecule has 3 aromatic rings. The Labute approximate surface area is 77.0 Å². The van der Waals surface area contributed by atoms with Gasteiger partial charge in [0.25, 0.3) is 0 Å². The summed E-state index contributed by atoms with van der Waals surface area (Å²) in [5, 5.41) is 2.19. The van der Waals surface area contributed by atoms with Gasteiger partial charge in [0.2, 0.25) is 0 Å². The van der Waals surface area contributed by atoms with Gasteiger partial charge in [0.15, 0.2) is 0 Å². The largest absolute Gasteiger partial charge is 0.456 e. The van der Waals surface area contributed by atoms with Crippen molar-refractivity contribution in [2.75, 3.05) is 0 Å². The maximum atomic E-state index is 7.49. The van der Waals surface area contributed by atoms with E-state index in [1.807, 2.05) is 30.3 Å². The smallest absolute Gasteiger partial charge is 0.135 e. The zero-order valence-corrected chi connectivity index (χ0v) is 6.95. The Kier molecular flexibility index (Phi) is 1.06. The Morgan fingerprint density at radius 2 is 1.54 bits per heavy atom. The molecule has 0 aliphatic rings. The van der Waals surface area contributed by atoms with Crippen LogP contribution in [0.2, 0.25) is 0 Å². The molecule has 13 heavy (non-hydrogen) atoms. The molecule has 0 bridgehead atoms. The van der Waals surface area contributed by atoms with Gasteiger partial charge in [0.1, 0.15) is 11.2 Å². The van der Waals surface area contributed by atoms with Crippen LogP contribution in [-0.4, -0.2) is 0 Å². The molecule has 2 aromatic carbocycles. The molecular weight excluding hydrogens is 160 g/mol. The molecule has 1 heterocycles. The third-order valence-corrected chi connectivity index (χ3v) is 2.22. The van der Waals surface area contributed by atoms with Crippen molar-refractivity contribution in [2.45, 2.75) is 0 Å². The summed E-state index contributed by atoms with van der Waals surface area (Å²) in [6.07, 6.45) is 0. The van der Waals surface area contributed by atoms with E-state index in [1.54, 1.807) is 12.1 Å². The first-order chi connectivity index (χ1) is 6.84. The number of rotatable bonds is 0. The molecule has 0 fully saturated rings. The van der Waals surface area contributed by atoms with E-state index in [0.29, 0.717) is 6.04 Å². The summed E-state index contributed by atoms with van der Waals surface area (Å²) in [4.78, 5) is 0. The summed E-state index contributed by atoms with van der Waals surface area (Å²) in [6.45, 7) is 0. The van der Waals surface area contributed by atoms with Crippen molar-refractivity contribution in [3.8, 4) is 0 Å². The van der Waals surface area contributed by atoms with Gasteiger partial charge in [-0.25, -0.2) is 0 Å². The number of para-hydroxylation sites is 2. The number of fused-ring (bicyclic) bond motifs is 3. The van der Waals surface area contributed by atoms with E-state index >= 15 is 0 Å². The van der Waals surface area contributed by atoms with E-state index in [1.165, 1.54) is 0 Å². The Hall–Kier alpha value is -1.76. The van der Waals surface area contributed by atoms with Crippen LogP contribution in [0.1, 0.15) is 1.37 Å². The number of furan rings is 1. The van der Waals surface area contributed by atoms with Crippen molar-refractivity contribution in [1.82, 2.24) is 0 Å². The molecule has 3 rings (SSSR count). The molecule has 1 nitrogen and oxygen atoms in total. The second kappa shape index (κ2) is 2.36. The third-order valence-electron chi connectivity index (χ3n) is 2.22. The van der Waals surface area contributed by atoms with Crippen LogP contribution in [-0.2, 0) is 0 Å². The van der Waals surface area contributed by atoms with Crippen LogP contribution < -0.4 is 0 Å². The highest BCUT2D eigenvalue weighted by Crippen LogP contribution is 2.27. The molecule has 0 unspecified atom stereocenters. The summed E-state index contributed by atoms with van der Waals surface area (Å²) in [6, 6.07) is 13.9. The number of hydrogen-bond acceptors (Lipinski definition) is 1. The van der Waals surface area contributed by atoms with E-state index in [-0.39, 0.29) is 0 Å². The first kappa shape index (κ1) is 5.81. The van der Waals surface area contributed by atoms with Crippen LogP contribution in [0.3, 0.4) is 0 Å². The first-order valence-electron chi connectivity index (χ1n) is 4.72. The van der Waals surface area contributed by atoms with Crippen LogP contribution >= 0.6 is 0 Å². The van der Waals surface area contributed by atoms with Gasteiger partial charge in [-0.15, -0.1) is 0 Å². The van der Waals surface area contributed by atoms with Crippen molar-refractivity contribution in [3.05, 3.63) is 48.5 Å². The van der Waals surface area contributed by atoms with Crippen molar-refractivity contribution >= 4 is 21.9 Å². The van der Waals surface area contributed by atoms with Gasteiger partial charge in [0, 0.05) is 10.8 Å². The Bertz CT molecular complexity index is 610. The normalized spacial score (nSPS) is 12.2. The molecule has 0 aliphatic carbocycles. The minimum Gasteiger partial charge on any atom is -0.456 e. The van der Waals surface area contributed by atoms with Crippen molar-refractivity contribution < 1.29 is 5.79 Å². The molecule has 0 atom stereocenters. The lowest BCUT2D eigenvalue weighted by Crippen LogP contribution is -1.62. The molecule has 0 radical (unpaired) electrons. The van der Waals surface area contributed by atoms with Gasteiger partial charge in [-0.1, -0.05) is 36.4 Å². The lowest BCUT2D eigenvalue weighted by atomic mass is 10.2. The Balaban J connectivity index is 2.57. The van der Waals surface area contributed by atoms with Gasteiger partial charge >= 0.3 is 0 Å². The minimum atomic E-state index is 0.483. The van der Waals surface area contributed by atoms with E-state index in [0.717, 1.165) is 21.9 Å². The summed E-state index contributed by atoms with van der Waals surface area (Å²) in [5.74, 6) is 0. The zero-order valence-electron chi connectivity index (χ0n) is 7.95. The fraction of sp³-hybridized carbons (Fsp3) is 0.